The lowest BCUT2D eigenvalue weighted by atomic mass is 10.1. The molecule has 0 bridgehead atoms. The Bertz CT molecular complexity index is 794. The van der Waals surface area contributed by atoms with Gasteiger partial charge in [0.05, 0.1) is 4.92 Å². The molecule has 0 radical (unpaired) electrons. The molecule has 7 nitrogen and oxygen atoms in total. The monoisotopic (exact) mass is 315 g/mol. The van der Waals surface area contributed by atoms with Gasteiger partial charge in [0, 0.05) is 17.4 Å². The maximum atomic E-state index is 12.1. The number of rotatable bonds is 5. The van der Waals surface area contributed by atoms with E-state index in [1.54, 1.807) is 19.1 Å². The molecular weight excluding hydrogens is 298 g/mol. The normalized spacial score (nSPS) is 10.3. The predicted molar refractivity (Wildman–Crippen MR) is 86.5 cm³/mol. The third-order valence-electron chi connectivity index (χ3n) is 3.52. The van der Waals surface area contributed by atoms with E-state index in [2.05, 4.69) is 5.32 Å². The molecule has 7 heteroatoms. The molecule has 1 aromatic carbocycles. The molecule has 1 amide bonds. The Morgan fingerprint density at radius 1 is 1.22 bits per heavy atom. The molecule has 0 saturated carbocycles. The Morgan fingerprint density at radius 2 is 1.87 bits per heavy atom. The first-order valence-corrected chi connectivity index (χ1v) is 7.16. The Balaban J connectivity index is 2.18. The van der Waals surface area contributed by atoms with Crippen LogP contribution in [-0.2, 0) is 17.8 Å². The van der Waals surface area contributed by atoms with Crippen LogP contribution in [0.15, 0.2) is 41.2 Å². The van der Waals surface area contributed by atoms with Crippen LogP contribution in [0.5, 0.6) is 0 Å². The highest BCUT2D eigenvalue weighted by Gasteiger charge is 2.17. The maximum absolute atomic E-state index is 12.1. The fraction of sp³-hybridized carbons (Fsp3) is 0.250. The summed E-state index contributed by atoms with van der Waals surface area (Å²) in [6.45, 7) is 3.38. The number of hydrogen-bond donors (Lipinski definition) is 1. The van der Waals surface area contributed by atoms with E-state index in [-0.39, 0.29) is 6.54 Å². The average Bonchev–Trinajstić information content (AvgIpc) is 2.51. The van der Waals surface area contributed by atoms with Crippen LogP contribution >= 0.6 is 0 Å². The summed E-state index contributed by atoms with van der Waals surface area (Å²) < 4.78 is 1.09. The molecule has 0 aliphatic heterocycles. The van der Waals surface area contributed by atoms with Crippen LogP contribution in [-0.4, -0.2) is 15.4 Å². The minimum absolute atomic E-state index is 0.276. The molecule has 1 heterocycles. The number of aromatic nitrogens is 1. The number of nitro groups is 1. The van der Waals surface area contributed by atoms with Crippen molar-refractivity contribution < 1.29 is 9.72 Å². The largest absolute Gasteiger partial charge is 0.334 e. The number of pyridine rings is 1. The Morgan fingerprint density at radius 3 is 2.43 bits per heavy atom. The first-order chi connectivity index (χ1) is 10.9. The van der Waals surface area contributed by atoms with Crippen LogP contribution in [0.3, 0.4) is 0 Å². The molecule has 2 rings (SSSR count). The van der Waals surface area contributed by atoms with Gasteiger partial charge in [-0.2, -0.15) is 0 Å². The van der Waals surface area contributed by atoms with Gasteiger partial charge in [-0.25, -0.2) is 0 Å². The molecule has 23 heavy (non-hydrogen) atoms. The summed E-state index contributed by atoms with van der Waals surface area (Å²) in [5.41, 5.74) is 0.913. The number of carbonyl (C=O) groups is 1. The lowest BCUT2D eigenvalue weighted by Crippen LogP contribution is -2.30. The van der Waals surface area contributed by atoms with Crippen molar-refractivity contribution in [3.05, 3.63) is 68.1 Å². The van der Waals surface area contributed by atoms with Crippen LogP contribution in [0, 0.1) is 17.0 Å². The summed E-state index contributed by atoms with van der Waals surface area (Å²) in [7, 11) is 0. The Kier molecular flexibility index (Phi) is 4.90. The number of amides is 1. The third-order valence-corrected chi connectivity index (χ3v) is 3.52. The lowest BCUT2D eigenvalue weighted by molar-refractivity contribution is -0.386. The second kappa shape index (κ2) is 6.87. The predicted octanol–water partition coefficient (Wildman–Crippen LogP) is 2.27. The van der Waals surface area contributed by atoms with Gasteiger partial charge in [0.15, 0.2) is 0 Å². The number of carbonyl (C=O) groups excluding carboxylic acids is 1. The van der Waals surface area contributed by atoms with Crippen LogP contribution in [0.1, 0.15) is 18.2 Å². The van der Waals surface area contributed by atoms with E-state index < -0.39 is 22.1 Å². The summed E-state index contributed by atoms with van der Waals surface area (Å²) in [5, 5.41) is 13.5. The van der Waals surface area contributed by atoms with Crippen LogP contribution in [0.2, 0.25) is 0 Å². The highest BCUT2D eigenvalue weighted by molar-refractivity contribution is 5.90. The number of anilines is 1. The fourth-order valence-corrected chi connectivity index (χ4v) is 2.16. The molecule has 1 N–H and O–H groups in total. The van der Waals surface area contributed by atoms with Gasteiger partial charge in [-0.15, -0.1) is 0 Å². The zero-order valence-electron chi connectivity index (χ0n) is 12.9. The molecule has 0 aliphatic carbocycles. The first-order valence-electron chi connectivity index (χ1n) is 7.16. The molecule has 0 fully saturated rings. The Labute approximate surface area is 132 Å². The van der Waals surface area contributed by atoms with Crippen molar-refractivity contribution in [3.63, 3.8) is 0 Å². The summed E-state index contributed by atoms with van der Waals surface area (Å²) in [5.74, 6) is -0.417. The molecule has 0 unspecified atom stereocenters. The van der Waals surface area contributed by atoms with Crippen molar-refractivity contribution in [3.8, 4) is 0 Å². The van der Waals surface area contributed by atoms with Crippen LogP contribution in [0.25, 0.3) is 0 Å². The van der Waals surface area contributed by atoms with E-state index in [1.807, 2.05) is 19.1 Å². The molecular formula is C16H17N3O4. The van der Waals surface area contributed by atoms with E-state index in [0.29, 0.717) is 11.4 Å². The summed E-state index contributed by atoms with van der Waals surface area (Å²) in [6.07, 6.45) is 0.899. The minimum Gasteiger partial charge on any atom is -0.325 e. The van der Waals surface area contributed by atoms with Gasteiger partial charge >= 0.3 is 11.2 Å². The summed E-state index contributed by atoms with van der Waals surface area (Å²) in [4.78, 5) is 34.2. The number of benzene rings is 1. The second-order valence-electron chi connectivity index (χ2n) is 5.11. The van der Waals surface area contributed by atoms with Crippen molar-refractivity contribution >= 4 is 17.3 Å². The molecule has 2 aromatic rings. The lowest BCUT2D eigenvalue weighted by Gasteiger charge is -2.10. The van der Waals surface area contributed by atoms with Gasteiger partial charge in [-0.05, 0) is 37.1 Å². The van der Waals surface area contributed by atoms with E-state index in [9.17, 15) is 19.7 Å². The minimum atomic E-state index is -0.786. The topological polar surface area (TPSA) is 94.2 Å². The quantitative estimate of drug-likeness (QED) is 0.676. The Hall–Kier alpha value is -2.96. The van der Waals surface area contributed by atoms with Crippen molar-refractivity contribution in [2.45, 2.75) is 26.8 Å². The van der Waals surface area contributed by atoms with Gasteiger partial charge in [0.25, 0.3) is 0 Å². The van der Waals surface area contributed by atoms with Crippen LogP contribution < -0.4 is 10.9 Å². The van der Waals surface area contributed by atoms with E-state index >= 15 is 0 Å². The van der Waals surface area contributed by atoms with Crippen LogP contribution in [0.4, 0.5) is 11.4 Å². The van der Waals surface area contributed by atoms with Crippen molar-refractivity contribution in [2.75, 3.05) is 5.32 Å². The smallest absolute Gasteiger partial charge is 0.325 e. The summed E-state index contributed by atoms with van der Waals surface area (Å²) >= 11 is 0. The van der Waals surface area contributed by atoms with Crippen molar-refractivity contribution in [1.82, 2.24) is 4.57 Å². The van der Waals surface area contributed by atoms with Gasteiger partial charge in [0.2, 0.25) is 5.91 Å². The highest BCUT2D eigenvalue weighted by Crippen LogP contribution is 2.11. The van der Waals surface area contributed by atoms with Gasteiger partial charge in [0.1, 0.15) is 6.54 Å². The molecule has 0 spiro atoms. The molecule has 1 aromatic heterocycles. The van der Waals surface area contributed by atoms with Gasteiger partial charge < -0.3 is 5.32 Å². The molecule has 0 aliphatic rings. The number of nitrogens with one attached hydrogen (secondary N) is 1. The highest BCUT2D eigenvalue weighted by atomic mass is 16.6. The average molecular weight is 315 g/mol. The zero-order valence-corrected chi connectivity index (χ0v) is 12.9. The van der Waals surface area contributed by atoms with Gasteiger partial charge in [-0.3, -0.25) is 24.3 Å². The maximum Gasteiger partial charge on any atom is 0.334 e. The zero-order chi connectivity index (χ0) is 17.0. The van der Waals surface area contributed by atoms with Crippen molar-refractivity contribution in [1.29, 1.82) is 0 Å². The van der Waals surface area contributed by atoms with Crippen molar-refractivity contribution in [2.24, 2.45) is 0 Å². The SMILES string of the molecule is CCc1ccc(NC(=O)Cn2c(C)ccc([N+](=O)[O-])c2=O)cc1. The standard InChI is InChI=1S/C16H17N3O4/c1-3-12-5-7-13(8-6-12)17-15(20)10-18-11(2)4-9-14(16(18)21)19(22)23/h4-9H,3,10H2,1-2H3,(H,17,20). The number of nitrogens with zero attached hydrogens (tertiary/aromatic N) is 2. The van der Waals surface area contributed by atoms with E-state index in [4.69, 9.17) is 0 Å². The van der Waals surface area contributed by atoms with E-state index in [0.717, 1.165) is 22.6 Å². The number of aryl methyl sites for hydroxylation is 2. The first kappa shape index (κ1) is 16.4. The molecule has 120 valence electrons. The van der Waals surface area contributed by atoms with E-state index in [1.165, 1.54) is 6.07 Å². The van der Waals surface area contributed by atoms with Gasteiger partial charge in [-0.1, -0.05) is 19.1 Å². The molecule has 0 saturated heterocycles. The fourth-order valence-electron chi connectivity index (χ4n) is 2.16. The summed E-state index contributed by atoms with van der Waals surface area (Å²) in [6, 6.07) is 9.96. The molecule has 0 atom stereocenters. The number of hydrogen-bond acceptors (Lipinski definition) is 4. The second-order valence-corrected chi connectivity index (χ2v) is 5.11. The third kappa shape index (κ3) is 3.82.